The Morgan fingerprint density at radius 2 is 2.11 bits per heavy atom. The van der Waals surface area contributed by atoms with Gasteiger partial charge in [0.15, 0.2) is 0 Å². The summed E-state index contributed by atoms with van der Waals surface area (Å²) in [5.74, 6) is 0.345. The van der Waals surface area contributed by atoms with E-state index in [1.165, 1.54) is 0 Å². The quantitative estimate of drug-likeness (QED) is 0.542. The first-order chi connectivity index (χ1) is 8.30. The van der Waals surface area contributed by atoms with Crippen LogP contribution >= 0.6 is 0 Å². The smallest absolute Gasteiger partial charge is 0.232 e. The molecule has 0 aromatic heterocycles. The third-order valence-electron chi connectivity index (χ3n) is 2.41. The Morgan fingerprint density at radius 1 is 1.44 bits per heavy atom. The van der Waals surface area contributed by atoms with Crippen molar-refractivity contribution in [2.75, 3.05) is 10.5 Å². The third-order valence-corrected chi connectivity index (χ3v) is 3.73. The van der Waals surface area contributed by atoms with Gasteiger partial charge in [-0.25, -0.2) is 8.42 Å². The summed E-state index contributed by atoms with van der Waals surface area (Å²) in [6.07, 6.45) is 0.613. The number of sulfonamides is 1. The average molecular weight is 269 g/mol. The molecule has 0 spiro atoms. The Kier molecular flexibility index (Phi) is 4.72. The SMILES string of the molecule is CC(C)CCS(=O)(=O)Nc1cccc(C(=N)N)c1. The standard InChI is InChI=1S/C12H19N3O2S/c1-9(2)6-7-18(16,17)15-11-5-3-4-10(8-11)12(13)14/h3-5,8-9,15H,6-7H2,1-2H3,(H3,13,14). The van der Waals surface area contributed by atoms with E-state index in [9.17, 15) is 8.42 Å². The second kappa shape index (κ2) is 5.86. The second-order valence-corrected chi connectivity index (χ2v) is 6.44. The lowest BCUT2D eigenvalue weighted by Crippen LogP contribution is -2.18. The molecule has 0 aliphatic rings. The van der Waals surface area contributed by atoms with Crippen LogP contribution in [0.3, 0.4) is 0 Å². The van der Waals surface area contributed by atoms with Crippen LogP contribution in [0, 0.1) is 11.3 Å². The number of amidine groups is 1. The zero-order valence-corrected chi connectivity index (χ0v) is 11.4. The van der Waals surface area contributed by atoms with Crippen molar-refractivity contribution >= 4 is 21.5 Å². The van der Waals surface area contributed by atoms with E-state index in [1.807, 2.05) is 13.8 Å². The fraction of sp³-hybridized carbons (Fsp3) is 0.417. The molecule has 0 radical (unpaired) electrons. The number of anilines is 1. The maximum absolute atomic E-state index is 11.8. The van der Waals surface area contributed by atoms with E-state index in [-0.39, 0.29) is 11.6 Å². The minimum atomic E-state index is -3.33. The molecule has 0 bridgehead atoms. The van der Waals surface area contributed by atoms with Crippen LogP contribution in [0.5, 0.6) is 0 Å². The van der Waals surface area contributed by atoms with Crippen molar-refractivity contribution < 1.29 is 8.42 Å². The van der Waals surface area contributed by atoms with Crippen molar-refractivity contribution in [3.63, 3.8) is 0 Å². The average Bonchev–Trinajstić information content (AvgIpc) is 2.26. The van der Waals surface area contributed by atoms with Crippen molar-refractivity contribution in [1.82, 2.24) is 0 Å². The van der Waals surface area contributed by atoms with Gasteiger partial charge in [0.25, 0.3) is 0 Å². The molecule has 0 saturated heterocycles. The number of nitrogens with two attached hydrogens (primary N) is 1. The molecular weight excluding hydrogens is 250 g/mol. The van der Waals surface area contributed by atoms with Crippen molar-refractivity contribution in [3.05, 3.63) is 29.8 Å². The van der Waals surface area contributed by atoms with Crippen LogP contribution in [0.25, 0.3) is 0 Å². The van der Waals surface area contributed by atoms with Crippen molar-refractivity contribution in [2.45, 2.75) is 20.3 Å². The number of rotatable bonds is 6. The van der Waals surface area contributed by atoms with Crippen LogP contribution in [0.1, 0.15) is 25.8 Å². The maximum atomic E-state index is 11.8. The van der Waals surface area contributed by atoms with Gasteiger partial charge in [-0.2, -0.15) is 0 Å². The molecule has 4 N–H and O–H groups in total. The minimum absolute atomic E-state index is 0.0850. The first-order valence-electron chi connectivity index (χ1n) is 5.75. The van der Waals surface area contributed by atoms with Gasteiger partial charge in [0.2, 0.25) is 10.0 Å². The molecule has 1 rings (SSSR count). The summed E-state index contributed by atoms with van der Waals surface area (Å²) < 4.78 is 26.1. The lowest BCUT2D eigenvalue weighted by molar-refractivity contribution is 0.578. The maximum Gasteiger partial charge on any atom is 0.232 e. The lowest BCUT2D eigenvalue weighted by Gasteiger charge is -2.10. The van der Waals surface area contributed by atoms with E-state index in [0.717, 1.165) is 0 Å². The van der Waals surface area contributed by atoms with Crippen LogP contribution in [0.15, 0.2) is 24.3 Å². The number of nitrogens with one attached hydrogen (secondary N) is 2. The zero-order valence-electron chi connectivity index (χ0n) is 10.6. The molecule has 18 heavy (non-hydrogen) atoms. The van der Waals surface area contributed by atoms with Crippen LogP contribution in [-0.2, 0) is 10.0 Å². The molecule has 0 unspecified atom stereocenters. The summed E-state index contributed by atoms with van der Waals surface area (Å²) in [5, 5.41) is 7.30. The molecule has 5 nitrogen and oxygen atoms in total. The summed E-state index contributed by atoms with van der Waals surface area (Å²) in [6.45, 7) is 3.96. The van der Waals surface area contributed by atoms with E-state index in [0.29, 0.717) is 23.6 Å². The Balaban J connectivity index is 2.78. The summed E-state index contributed by atoms with van der Waals surface area (Å²) >= 11 is 0. The summed E-state index contributed by atoms with van der Waals surface area (Å²) in [7, 11) is -3.33. The van der Waals surface area contributed by atoms with Gasteiger partial charge in [0.05, 0.1) is 5.75 Å². The van der Waals surface area contributed by atoms with Crippen LogP contribution < -0.4 is 10.5 Å². The van der Waals surface area contributed by atoms with Gasteiger partial charge in [-0.3, -0.25) is 10.1 Å². The highest BCUT2D eigenvalue weighted by Crippen LogP contribution is 2.13. The van der Waals surface area contributed by atoms with E-state index in [2.05, 4.69) is 4.72 Å². The zero-order chi connectivity index (χ0) is 13.8. The molecule has 0 aliphatic heterocycles. The Bertz CT molecular complexity index is 524. The summed E-state index contributed by atoms with van der Waals surface area (Å²) in [4.78, 5) is 0. The van der Waals surface area contributed by atoms with Gasteiger partial charge in [0.1, 0.15) is 5.84 Å². The number of hydrogen-bond acceptors (Lipinski definition) is 3. The van der Waals surface area contributed by atoms with Crippen LogP contribution in [0.2, 0.25) is 0 Å². The van der Waals surface area contributed by atoms with Crippen LogP contribution in [-0.4, -0.2) is 20.0 Å². The fourth-order valence-electron chi connectivity index (χ4n) is 1.37. The predicted octanol–water partition coefficient (Wildman–Crippen LogP) is 1.76. The molecule has 0 amide bonds. The lowest BCUT2D eigenvalue weighted by atomic mass is 10.2. The molecule has 0 heterocycles. The van der Waals surface area contributed by atoms with E-state index < -0.39 is 10.0 Å². The molecule has 100 valence electrons. The molecule has 6 heteroatoms. The second-order valence-electron chi connectivity index (χ2n) is 4.60. The molecule has 0 saturated carbocycles. The molecule has 1 aromatic rings. The van der Waals surface area contributed by atoms with E-state index in [4.69, 9.17) is 11.1 Å². The van der Waals surface area contributed by atoms with E-state index in [1.54, 1.807) is 24.3 Å². The number of nitrogen functional groups attached to an aromatic ring is 1. The fourth-order valence-corrected chi connectivity index (χ4v) is 2.74. The van der Waals surface area contributed by atoms with Crippen LogP contribution in [0.4, 0.5) is 5.69 Å². The van der Waals surface area contributed by atoms with Crippen molar-refractivity contribution in [2.24, 2.45) is 11.7 Å². The molecular formula is C12H19N3O2S. The third kappa shape index (κ3) is 4.75. The molecule has 0 atom stereocenters. The Hall–Kier alpha value is -1.56. The van der Waals surface area contributed by atoms with Gasteiger partial charge in [-0.1, -0.05) is 26.0 Å². The highest BCUT2D eigenvalue weighted by Gasteiger charge is 2.11. The summed E-state index contributed by atoms with van der Waals surface area (Å²) in [5.41, 5.74) is 6.29. The largest absolute Gasteiger partial charge is 0.384 e. The van der Waals surface area contributed by atoms with Gasteiger partial charge in [-0.05, 0) is 24.5 Å². The topological polar surface area (TPSA) is 96.0 Å². The highest BCUT2D eigenvalue weighted by molar-refractivity contribution is 7.92. The molecule has 1 aromatic carbocycles. The Morgan fingerprint density at radius 3 is 2.67 bits per heavy atom. The number of benzene rings is 1. The summed E-state index contributed by atoms with van der Waals surface area (Å²) in [6, 6.07) is 6.51. The van der Waals surface area contributed by atoms with Gasteiger partial charge >= 0.3 is 0 Å². The molecule has 0 aliphatic carbocycles. The first-order valence-corrected chi connectivity index (χ1v) is 7.40. The van der Waals surface area contributed by atoms with Gasteiger partial charge < -0.3 is 5.73 Å². The first kappa shape index (κ1) is 14.5. The predicted molar refractivity (Wildman–Crippen MR) is 74.3 cm³/mol. The monoisotopic (exact) mass is 269 g/mol. The highest BCUT2D eigenvalue weighted by atomic mass is 32.2. The van der Waals surface area contributed by atoms with Gasteiger partial charge in [0, 0.05) is 11.3 Å². The molecule has 0 fully saturated rings. The number of hydrogen-bond donors (Lipinski definition) is 3. The van der Waals surface area contributed by atoms with Crippen molar-refractivity contribution in [1.29, 1.82) is 5.41 Å². The van der Waals surface area contributed by atoms with E-state index >= 15 is 0 Å². The normalized spacial score (nSPS) is 11.5. The minimum Gasteiger partial charge on any atom is -0.384 e. The van der Waals surface area contributed by atoms with Crippen molar-refractivity contribution in [3.8, 4) is 0 Å². The van der Waals surface area contributed by atoms with Gasteiger partial charge in [-0.15, -0.1) is 0 Å². The Labute approximate surface area is 108 Å².